The van der Waals surface area contributed by atoms with Gasteiger partial charge < -0.3 is 0 Å². The summed E-state index contributed by atoms with van der Waals surface area (Å²) in [7, 11) is 0. The average Bonchev–Trinajstić information content (AvgIpc) is 2.42. The Morgan fingerprint density at radius 2 is 2.14 bits per heavy atom. The molecule has 4 nitrogen and oxygen atoms in total. The van der Waals surface area contributed by atoms with Crippen molar-refractivity contribution in [3.8, 4) is 0 Å². The lowest BCUT2D eigenvalue weighted by atomic mass is 10.3. The second-order valence-corrected chi connectivity index (χ2v) is 4.52. The van der Waals surface area contributed by atoms with Crippen molar-refractivity contribution in [1.29, 1.82) is 0 Å². The minimum atomic E-state index is -0.532. The Kier molecular flexibility index (Phi) is 2.30. The fourth-order valence-electron chi connectivity index (χ4n) is 1.05. The summed E-state index contributed by atoms with van der Waals surface area (Å²) in [6.45, 7) is 0. The molecule has 0 radical (unpaired) electrons. The molecule has 0 aliphatic rings. The highest BCUT2D eigenvalue weighted by atomic mass is 35.5. The van der Waals surface area contributed by atoms with E-state index in [1.807, 2.05) is 0 Å². The number of nitro benzene ring substituents is 1. The van der Waals surface area contributed by atoms with Crippen molar-refractivity contribution in [3.05, 3.63) is 31.7 Å². The van der Waals surface area contributed by atoms with Gasteiger partial charge in [0.1, 0.15) is 5.02 Å². The molecule has 0 saturated heterocycles. The largest absolute Gasteiger partial charge is 0.289 e. The van der Waals surface area contributed by atoms with E-state index in [0.29, 0.717) is 14.7 Å². The Morgan fingerprint density at radius 1 is 1.43 bits per heavy atom. The monoisotopic (exact) mass is 248 g/mol. The number of aromatic nitrogens is 1. The third-order valence-corrected chi connectivity index (χ3v) is 3.05. The predicted molar refractivity (Wildman–Crippen MR) is 56.3 cm³/mol. The number of nitro groups is 1. The molecule has 0 N–H and O–H groups in total. The molecule has 0 spiro atoms. The zero-order chi connectivity index (χ0) is 10.3. The Hall–Kier alpha value is -0.910. The maximum absolute atomic E-state index is 10.5. The summed E-state index contributed by atoms with van der Waals surface area (Å²) in [5, 5.41) is 10.6. The summed E-state index contributed by atoms with van der Waals surface area (Å²) in [5.74, 6) is 0. The van der Waals surface area contributed by atoms with E-state index in [-0.39, 0.29) is 10.7 Å². The molecular formula is C7H2Cl2N2O2S. The molecule has 0 aliphatic heterocycles. The van der Waals surface area contributed by atoms with Crippen LogP contribution in [0.5, 0.6) is 0 Å². The highest BCUT2D eigenvalue weighted by Crippen LogP contribution is 2.33. The summed E-state index contributed by atoms with van der Waals surface area (Å²) in [5.41, 5.74) is 0.454. The lowest BCUT2D eigenvalue weighted by molar-refractivity contribution is -0.384. The summed E-state index contributed by atoms with van der Waals surface area (Å²) in [6, 6.07) is 2.82. The van der Waals surface area contributed by atoms with Gasteiger partial charge in [-0.25, -0.2) is 4.98 Å². The molecule has 0 amide bonds. The molecule has 0 saturated carbocycles. The van der Waals surface area contributed by atoms with Gasteiger partial charge in [-0.2, -0.15) is 0 Å². The first-order valence-corrected chi connectivity index (χ1v) is 5.05. The molecule has 7 heteroatoms. The molecule has 0 aliphatic carbocycles. The molecule has 0 fully saturated rings. The smallest absolute Gasteiger partial charge is 0.258 e. The Morgan fingerprint density at radius 3 is 2.79 bits per heavy atom. The lowest BCUT2D eigenvalue weighted by Crippen LogP contribution is -1.88. The van der Waals surface area contributed by atoms with Crippen LogP contribution in [-0.4, -0.2) is 9.91 Å². The third kappa shape index (κ3) is 1.54. The van der Waals surface area contributed by atoms with Gasteiger partial charge in [-0.1, -0.05) is 23.2 Å². The quantitative estimate of drug-likeness (QED) is 0.573. The number of halogens is 2. The molecule has 2 rings (SSSR count). The van der Waals surface area contributed by atoms with Crippen LogP contribution in [0.2, 0.25) is 9.49 Å². The van der Waals surface area contributed by atoms with E-state index in [1.54, 1.807) is 0 Å². The number of benzene rings is 1. The molecule has 14 heavy (non-hydrogen) atoms. The number of hydrogen-bond donors (Lipinski definition) is 0. The van der Waals surface area contributed by atoms with E-state index < -0.39 is 4.92 Å². The van der Waals surface area contributed by atoms with Crippen LogP contribution in [0.1, 0.15) is 0 Å². The van der Waals surface area contributed by atoms with E-state index in [1.165, 1.54) is 23.5 Å². The first-order chi connectivity index (χ1) is 6.58. The Balaban J connectivity index is 2.76. The first kappa shape index (κ1) is 9.64. The summed E-state index contributed by atoms with van der Waals surface area (Å²) >= 11 is 12.5. The number of thiazole rings is 1. The van der Waals surface area contributed by atoms with Crippen LogP contribution in [0.3, 0.4) is 0 Å². The van der Waals surface area contributed by atoms with Crippen molar-refractivity contribution in [2.75, 3.05) is 0 Å². The summed E-state index contributed by atoms with van der Waals surface area (Å²) in [6.07, 6.45) is 0. The molecular weight excluding hydrogens is 247 g/mol. The van der Waals surface area contributed by atoms with E-state index >= 15 is 0 Å². The molecule has 0 bridgehead atoms. The van der Waals surface area contributed by atoms with Crippen LogP contribution >= 0.6 is 34.5 Å². The molecule has 2 aromatic rings. The van der Waals surface area contributed by atoms with Crippen molar-refractivity contribution in [2.24, 2.45) is 0 Å². The van der Waals surface area contributed by atoms with Gasteiger partial charge in [-0.05, 0) is 6.07 Å². The highest BCUT2D eigenvalue weighted by Gasteiger charge is 2.15. The topological polar surface area (TPSA) is 56.0 Å². The van der Waals surface area contributed by atoms with Crippen molar-refractivity contribution < 1.29 is 4.92 Å². The van der Waals surface area contributed by atoms with Gasteiger partial charge in [0.05, 0.1) is 15.1 Å². The molecule has 1 aromatic heterocycles. The fourth-order valence-corrected chi connectivity index (χ4v) is 2.32. The summed E-state index contributed by atoms with van der Waals surface area (Å²) < 4.78 is 1.00. The normalized spacial score (nSPS) is 10.7. The van der Waals surface area contributed by atoms with Crippen LogP contribution in [0.25, 0.3) is 10.2 Å². The maximum atomic E-state index is 10.5. The van der Waals surface area contributed by atoms with Crippen molar-refractivity contribution >= 4 is 50.4 Å². The van der Waals surface area contributed by atoms with Crippen molar-refractivity contribution in [1.82, 2.24) is 4.98 Å². The number of rotatable bonds is 1. The van der Waals surface area contributed by atoms with Gasteiger partial charge in [0, 0.05) is 6.07 Å². The van der Waals surface area contributed by atoms with E-state index in [2.05, 4.69) is 4.98 Å². The van der Waals surface area contributed by atoms with Crippen LogP contribution in [0.4, 0.5) is 5.69 Å². The van der Waals surface area contributed by atoms with Crippen molar-refractivity contribution in [3.63, 3.8) is 0 Å². The first-order valence-electron chi connectivity index (χ1n) is 3.48. The number of hydrogen-bond acceptors (Lipinski definition) is 4. The zero-order valence-corrected chi connectivity index (χ0v) is 8.86. The maximum Gasteiger partial charge on any atom is 0.289 e. The van der Waals surface area contributed by atoms with Gasteiger partial charge in [-0.15, -0.1) is 11.3 Å². The Labute approximate surface area is 92.2 Å². The van der Waals surface area contributed by atoms with Crippen molar-refractivity contribution in [2.45, 2.75) is 0 Å². The zero-order valence-electron chi connectivity index (χ0n) is 6.53. The second kappa shape index (κ2) is 3.34. The van der Waals surface area contributed by atoms with Gasteiger partial charge in [-0.3, -0.25) is 10.1 Å². The standard InChI is InChI=1S/C7H2Cl2N2O2S/c8-3-1-4-6(14-7(9)10-4)2-5(3)11(12)13/h1-2H. The minimum Gasteiger partial charge on any atom is -0.258 e. The molecule has 0 atom stereocenters. The molecule has 1 aromatic carbocycles. The predicted octanol–water partition coefficient (Wildman–Crippen LogP) is 3.51. The molecule has 0 unspecified atom stereocenters. The van der Waals surface area contributed by atoms with Gasteiger partial charge in [0.2, 0.25) is 0 Å². The third-order valence-electron chi connectivity index (χ3n) is 1.63. The SMILES string of the molecule is O=[N+]([O-])c1cc2sc(Cl)nc2cc1Cl. The lowest BCUT2D eigenvalue weighted by Gasteiger charge is -1.93. The van der Waals surface area contributed by atoms with Gasteiger partial charge >= 0.3 is 0 Å². The average molecular weight is 249 g/mol. The highest BCUT2D eigenvalue weighted by molar-refractivity contribution is 7.22. The van der Waals surface area contributed by atoms with E-state index in [9.17, 15) is 10.1 Å². The molecule has 1 heterocycles. The Bertz CT molecular complexity index is 526. The van der Waals surface area contributed by atoms with Crippen LogP contribution < -0.4 is 0 Å². The number of fused-ring (bicyclic) bond motifs is 1. The van der Waals surface area contributed by atoms with Crippen LogP contribution in [0, 0.1) is 10.1 Å². The minimum absolute atomic E-state index is 0.0736. The fraction of sp³-hybridized carbons (Fsp3) is 0. The van der Waals surface area contributed by atoms with E-state index in [0.717, 1.165) is 0 Å². The van der Waals surface area contributed by atoms with Gasteiger partial charge in [0.25, 0.3) is 5.69 Å². The van der Waals surface area contributed by atoms with E-state index in [4.69, 9.17) is 23.2 Å². The number of nitrogens with zero attached hydrogens (tertiary/aromatic N) is 2. The van der Waals surface area contributed by atoms with Gasteiger partial charge in [0.15, 0.2) is 4.47 Å². The van der Waals surface area contributed by atoms with Crippen LogP contribution in [-0.2, 0) is 0 Å². The second-order valence-electron chi connectivity index (χ2n) is 2.50. The summed E-state index contributed by atoms with van der Waals surface area (Å²) in [4.78, 5) is 14.0. The molecule has 72 valence electrons. The van der Waals surface area contributed by atoms with Crippen LogP contribution in [0.15, 0.2) is 12.1 Å².